The van der Waals surface area contributed by atoms with Gasteiger partial charge in [0.1, 0.15) is 0 Å². The third-order valence-corrected chi connectivity index (χ3v) is 2.79. The zero-order valence-electron chi connectivity index (χ0n) is 9.33. The van der Waals surface area contributed by atoms with E-state index in [4.69, 9.17) is 0 Å². The molecule has 0 spiro atoms. The minimum Gasteiger partial charge on any atom is -0.388 e. The average Bonchev–Trinajstić information content (AvgIpc) is 2.26. The van der Waals surface area contributed by atoms with E-state index in [1.54, 1.807) is 19.2 Å². The lowest BCUT2D eigenvalue weighted by Gasteiger charge is -2.21. The van der Waals surface area contributed by atoms with Gasteiger partial charge in [-0.3, -0.25) is 9.78 Å². The molecule has 0 aliphatic heterocycles. The third-order valence-electron chi connectivity index (χ3n) is 2.36. The first kappa shape index (κ1) is 13.1. The molecule has 0 aromatic carbocycles. The largest absolute Gasteiger partial charge is 0.388 e. The first-order valence-electron chi connectivity index (χ1n) is 5.06. The van der Waals surface area contributed by atoms with Crippen LogP contribution >= 0.6 is 15.9 Å². The second-order valence-corrected chi connectivity index (χ2v) is 4.84. The van der Waals surface area contributed by atoms with Crippen molar-refractivity contribution in [3.63, 3.8) is 0 Å². The van der Waals surface area contributed by atoms with Gasteiger partial charge in [0.25, 0.3) is 5.91 Å². The number of halogens is 1. The summed E-state index contributed by atoms with van der Waals surface area (Å²) in [5, 5.41) is 12.4. The summed E-state index contributed by atoms with van der Waals surface area (Å²) in [7, 11) is 0. The highest BCUT2D eigenvalue weighted by atomic mass is 79.9. The highest BCUT2D eigenvalue weighted by Crippen LogP contribution is 2.10. The van der Waals surface area contributed by atoms with Gasteiger partial charge >= 0.3 is 0 Å². The average molecular weight is 287 g/mol. The molecule has 1 heterocycles. The number of carbonyl (C=O) groups excluding carboxylic acids is 1. The van der Waals surface area contributed by atoms with Gasteiger partial charge in [-0.15, -0.1) is 0 Å². The molecule has 1 rings (SSSR count). The van der Waals surface area contributed by atoms with Crippen LogP contribution in [0.15, 0.2) is 22.9 Å². The summed E-state index contributed by atoms with van der Waals surface area (Å²) in [6.07, 6.45) is 3.68. The van der Waals surface area contributed by atoms with Crippen LogP contribution in [0, 0.1) is 0 Å². The first-order valence-corrected chi connectivity index (χ1v) is 5.85. The van der Waals surface area contributed by atoms with E-state index in [2.05, 4.69) is 26.2 Å². The Morgan fingerprint density at radius 3 is 2.88 bits per heavy atom. The fraction of sp³-hybridized carbons (Fsp3) is 0.455. The van der Waals surface area contributed by atoms with Crippen LogP contribution in [0.4, 0.5) is 0 Å². The van der Waals surface area contributed by atoms with Gasteiger partial charge in [0.05, 0.1) is 11.2 Å². The lowest BCUT2D eigenvalue weighted by Crippen LogP contribution is -2.40. The van der Waals surface area contributed by atoms with Crippen LogP contribution in [0.3, 0.4) is 0 Å². The van der Waals surface area contributed by atoms with Crippen molar-refractivity contribution in [2.45, 2.75) is 25.9 Å². The zero-order valence-corrected chi connectivity index (χ0v) is 10.9. The fourth-order valence-electron chi connectivity index (χ4n) is 1.03. The molecule has 0 aliphatic rings. The first-order chi connectivity index (χ1) is 7.44. The van der Waals surface area contributed by atoms with Gasteiger partial charge in [-0.25, -0.2) is 0 Å². The number of rotatable bonds is 4. The van der Waals surface area contributed by atoms with Crippen LogP contribution in [0.1, 0.15) is 30.6 Å². The quantitative estimate of drug-likeness (QED) is 0.886. The summed E-state index contributed by atoms with van der Waals surface area (Å²) in [4.78, 5) is 15.6. The van der Waals surface area contributed by atoms with Crippen molar-refractivity contribution in [3.05, 3.63) is 28.5 Å². The van der Waals surface area contributed by atoms with E-state index < -0.39 is 5.60 Å². The molecule has 88 valence electrons. The summed E-state index contributed by atoms with van der Waals surface area (Å²) in [6, 6.07) is 1.68. The summed E-state index contributed by atoms with van der Waals surface area (Å²) >= 11 is 3.24. The maximum Gasteiger partial charge on any atom is 0.252 e. The van der Waals surface area contributed by atoms with Gasteiger partial charge in [0, 0.05) is 23.4 Å². The number of aliphatic hydroxyl groups is 1. The van der Waals surface area contributed by atoms with Crippen LogP contribution in [0.25, 0.3) is 0 Å². The predicted octanol–water partition coefficient (Wildman–Crippen LogP) is 1.73. The predicted molar refractivity (Wildman–Crippen MR) is 65.2 cm³/mol. The zero-order chi connectivity index (χ0) is 12.2. The fourth-order valence-corrected chi connectivity index (χ4v) is 1.40. The molecule has 0 bridgehead atoms. The van der Waals surface area contributed by atoms with Crippen molar-refractivity contribution in [1.82, 2.24) is 10.3 Å². The number of hydrogen-bond donors (Lipinski definition) is 2. The number of nitrogens with zero attached hydrogens (tertiary/aromatic N) is 1. The molecule has 0 fully saturated rings. The Balaban J connectivity index is 2.60. The lowest BCUT2D eigenvalue weighted by atomic mass is 10.0. The Morgan fingerprint density at radius 2 is 2.31 bits per heavy atom. The highest BCUT2D eigenvalue weighted by Gasteiger charge is 2.18. The van der Waals surface area contributed by atoms with Crippen LogP contribution in [0.2, 0.25) is 0 Å². The summed E-state index contributed by atoms with van der Waals surface area (Å²) < 4.78 is 0.752. The molecule has 1 atom stereocenters. The lowest BCUT2D eigenvalue weighted by molar-refractivity contribution is 0.0518. The standard InChI is InChI=1S/C11H15BrN2O2/c1-3-11(2,16)7-14-10(15)8-4-9(12)6-13-5-8/h4-6,16H,3,7H2,1-2H3,(H,14,15). The Bertz CT molecular complexity index is 380. The topological polar surface area (TPSA) is 62.2 Å². The SMILES string of the molecule is CCC(C)(O)CNC(=O)c1cncc(Br)c1. The molecule has 0 saturated heterocycles. The van der Waals surface area contributed by atoms with Crippen LogP contribution in [-0.4, -0.2) is 28.1 Å². The monoisotopic (exact) mass is 286 g/mol. The normalized spacial score (nSPS) is 14.2. The molecule has 1 amide bonds. The van der Waals surface area contributed by atoms with Gasteiger partial charge in [-0.05, 0) is 35.3 Å². The second-order valence-electron chi connectivity index (χ2n) is 3.93. The molecule has 0 saturated carbocycles. The van der Waals surface area contributed by atoms with Gasteiger partial charge in [0.2, 0.25) is 0 Å². The number of pyridine rings is 1. The molecule has 0 radical (unpaired) electrons. The molecule has 1 aromatic heterocycles. The molecule has 1 unspecified atom stereocenters. The van der Waals surface area contributed by atoms with Crippen molar-refractivity contribution in [1.29, 1.82) is 0 Å². The van der Waals surface area contributed by atoms with Gasteiger partial charge in [-0.2, -0.15) is 0 Å². The van der Waals surface area contributed by atoms with E-state index >= 15 is 0 Å². The van der Waals surface area contributed by atoms with Crippen molar-refractivity contribution in [2.24, 2.45) is 0 Å². The van der Waals surface area contributed by atoms with Crippen LogP contribution in [-0.2, 0) is 0 Å². The van der Waals surface area contributed by atoms with Gasteiger partial charge < -0.3 is 10.4 Å². The number of amides is 1. The maximum absolute atomic E-state index is 11.7. The minimum absolute atomic E-state index is 0.231. The van der Waals surface area contributed by atoms with Crippen molar-refractivity contribution in [2.75, 3.05) is 6.54 Å². The number of carbonyl (C=O) groups is 1. The van der Waals surface area contributed by atoms with E-state index in [0.29, 0.717) is 12.0 Å². The smallest absolute Gasteiger partial charge is 0.252 e. The van der Waals surface area contributed by atoms with E-state index in [9.17, 15) is 9.90 Å². The minimum atomic E-state index is -0.866. The van der Waals surface area contributed by atoms with E-state index in [1.807, 2.05) is 6.92 Å². The number of nitrogens with one attached hydrogen (secondary N) is 1. The molecular weight excluding hydrogens is 272 g/mol. The van der Waals surface area contributed by atoms with E-state index in [1.165, 1.54) is 6.20 Å². The summed E-state index contributed by atoms with van der Waals surface area (Å²) in [5.74, 6) is -0.234. The van der Waals surface area contributed by atoms with Crippen LogP contribution in [0.5, 0.6) is 0 Å². The molecule has 5 heteroatoms. The van der Waals surface area contributed by atoms with E-state index in [-0.39, 0.29) is 12.5 Å². The summed E-state index contributed by atoms with van der Waals surface area (Å²) in [6.45, 7) is 3.79. The highest BCUT2D eigenvalue weighted by molar-refractivity contribution is 9.10. The van der Waals surface area contributed by atoms with Crippen LogP contribution < -0.4 is 5.32 Å². The molecular formula is C11H15BrN2O2. The number of aromatic nitrogens is 1. The molecule has 2 N–H and O–H groups in total. The third kappa shape index (κ3) is 3.90. The Hall–Kier alpha value is -0.940. The number of hydrogen-bond acceptors (Lipinski definition) is 3. The Morgan fingerprint density at radius 1 is 1.62 bits per heavy atom. The van der Waals surface area contributed by atoms with Gasteiger partial charge in [0.15, 0.2) is 0 Å². The van der Waals surface area contributed by atoms with Crippen molar-refractivity contribution < 1.29 is 9.90 Å². The Kier molecular flexibility index (Phi) is 4.44. The molecule has 4 nitrogen and oxygen atoms in total. The summed E-state index contributed by atoms with van der Waals surface area (Å²) in [5.41, 5.74) is -0.393. The second kappa shape index (κ2) is 5.41. The Labute approximate surface area is 103 Å². The maximum atomic E-state index is 11.7. The molecule has 0 aliphatic carbocycles. The van der Waals surface area contributed by atoms with E-state index in [0.717, 1.165) is 4.47 Å². The van der Waals surface area contributed by atoms with Crippen molar-refractivity contribution >= 4 is 21.8 Å². The van der Waals surface area contributed by atoms with Crippen molar-refractivity contribution in [3.8, 4) is 0 Å². The molecule has 16 heavy (non-hydrogen) atoms. The molecule has 1 aromatic rings. The van der Waals surface area contributed by atoms with Gasteiger partial charge in [-0.1, -0.05) is 6.92 Å².